The number of fused-ring (bicyclic) bond motifs is 1. The van der Waals surface area contributed by atoms with E-state index < -0.39 is 5.82 Å². The molecular weight excluding hydrogens is 507 g/mol. The fourth-order valence-electron chi connectivity index (χ4n) is 4.46. The normalized spacial score (nSPS) is 11.0. The largest absolute Gasteiger partial charge is 0.508 e. The van der Waals surface area contributed by atoms with Crippen molar-refractivity contribution in [2.45, 2.75) is 6.54 Å². The number of rotatable bonds is 6. The third-order valence-corrected chi connectivity index (χ3v) is 6.48. The van der Waals surface area contributed by atoms with Crippen LogP contribution in [0.25, 0.3) is 39.5 Å². The molecule has 0 saturated carbocycles. The maximum Gasteiger partial charge on any atom is 0.251 e. The molecule has 0 bridgehead atoms. The van der Waals surface area contributed by atoms with E-state index >= 15 is 0 Å². The Morgan fingerprint density at radius 1 is 0.925 bits per heavy atom. The summed E-state index contributed by atoms with van der Waals surface area (Å²) in [6.45, 7) is 0.270. The molecule has 0 unspecified atom stereocenters. The Kier molecular flexibility index (Phi) is 6.37. The predicted octanol–water partition coefficient (Wildman–Crippen LogP) is 5.51. The first-order valence-corrected chi connectivity index (χ1v) is 12.5. The van der Waals surface area contributed by atoms with Crippen molar-refractivity contribution in [2.24, 2.45) is 0 Å². The monoisotopic (exact) mass is 530 g/mol. The van der Waals surface area contributed by atoms with Gasteiger partial charge in [0.25, 0.3) is 5.91 Å². The molecule has 0 radical (unpaired) electrons. The number of carbonyl (C=O) groups is 1. The lowest BCUT2D eigenvalue weighted by Gasteiger charge is -2.12. The first-order chi connectivity index (χ1) is 19.5. The van der Waals surface area contributed by atoms with E-state index in [1.807, 2.05) is 47.0 Å². The minimum Gasteiger partial charge on any atom is -0.508 e. The molecule has 6 aromatic rings. The number of aromatic nitrogens is 4. The Labute approximate surface area is 228 Å². The lowest BCUT2D eigenvalue weighted by atomic mass is 10.1. The molecule has 40 heavy (non-hydrogen) atoms. The van der Waals surface area contributed by atoms with Crippen molar-refractivity contribution in [1.82, 2.24) is 24.8 Å². The minimum atomic E-state index is -0.461. The predicted molar refractivity (Wildman–Crippen MR) is 151 cm³/mol. The molecular formula is C31H23FN6O2. The number of halogens is 1. The number of imidazole rings is 1. The highest BCUT2D eigenvalue weighted by Gasteiger charge is 2.19. The topological polar surface area (TPSA) is 119 Å². The molecule has 0 aliphatic heterocycles. The third kappa shape index (κ3) is 4.83. The fraction of sp³-hybridized carbons (Fsp3) is 0.0323. The lowest BCUT2D eigenvalue weighted by Crippen LogP contribution is -2.22. The Bertz CT molecular complexity index is 1850. The van der Waals surface area contributed by atoms with Crippen LogP contribution >= 0.6 is 0 Å². The SMILES string of the molecule is Nc1ncccc1-c1nc2ccc(-c3ccc(O)cc3)nc2n1-c1ccc(CNC(=O)c2cccc(F)c2)cc1. The van der Waals surface area contributed by atoms with Gasteiger partial charge >= 0.3 is 0 Å². The summed E-state index contributed by atoms with van der Waals surface area (Å²) in [7, 11) is 0. The Hall–Kier alpha value is -5.57. The third-order valence-electron chi connectivity index (χ3n) is 6.48. The number of phenolic OH excluding ortho intramolecular Hbond substituents is 1. The molecule has 6 rings (SSSR count). The lowest BCUT2D eigenvalue weighted by molar-refractivity contribution is 0.0950. The van der Waals surface area contributed by atoms with E-state index in [-0.39, 0.29) is 23.8 Å². The molecule has 1 amide bonds. The number of amides is 1. The van der Waals surface area contributed by atoms with Crippen molar-refractivity contribution in [3.05, 3.63) is 120 Å². The van der Waals surface area contributed by atoms with Gasteiger partial charge in [0.05, 0.1) is 11.3 Å². The zero-order valence-corrected chi connectivity index (χ0v) is 21.1. The van der Waals surface area contributed by atoms with Crippen LogP contribution in [0.1, 0.15) is 15.9 Å². The number of aromatic hydroxyl groups is 1. The zero-order valence-electron chi connectivity index (χ0n) is 21.1. The van der Waals surface area contributed by atoms with Gasteiger partial charge < -0.3 is 16.2 Å². The summed E-state index contributed by atoms with van der Waals surface area (Å²) < 4.78 is 15.4. The van der Waals surface area contributed by atoms with E-state index in [0.717, 1.165) is 22.5 Å². The molecule has 3 aromatic heterocycles. The number of benzene rings is 3. The second-order valence-electron chi connectivity index (χ2n) is 9.15. The van der Waals surface area contributed by atoms with Crippen LogP contribution in [0.3, 0.4) is 0 Å². The van der Waals surface area contributed by atoms with Gasteiger partial charge in [0.2, 0.25) is 0 Å². The molecule has 3 heterocycles. The van der Waals surface area contributed by atoms with Crippen LogP contribution in [-0.2, 0) is 6.54 Å². The quantitative estimate of drug-likeness (QED) is 0.261. The van der Waals surface area contributed by atoms with Crippen molar-refractivity contribution >= 4 is 22.9 Å². The van der Waals surface area contributed by atoms with E-state index in [9.17, 15) is 14.3 Å². The smallest absolute Gasteiger partial charge is 0.251 e. The van der Waals surface area contributed by atoms with E-state index in [1.54, 1.807) is 42.6 Å². The van der Waals surface area contributed by atoms with Gasteiger partial charge in [-0.3, -0.25) is 9.36 Å². The highest BCUT2D eigenvalue weighted by atomic mass is 19.1. The number of hydrogen-bond acceptors (Lipinski definition) is 6. The summed E-state index contributed by atoms with van der Waals surface area (Å²) in [5, 5.41) is 12.5. The van der Waals surface area contributed by atoms with Crippen molar-refractivity contribution in [3.8, 4) is 34.1 Å². The maximum absolute atomic E-state index is 13.5. The van der Waals surface area contributed by atoms with Crippen LogP contribution in [0.4, 0.5) is 10.2 Å². The second kappa shape index (κ2) is 10.3. The second-order valence-corrected chi connectivity index (χ2v) is 9.15. The number of hydrogen-bond donors (Lipinski definition) is 3. The highest BCUT2D eigenvalue weighted by Crippen LogP contribution is 2.32. The number of nitrogens with zero attached hydrogens (tertiary/aromatic N) is 4. The molecule has 0 saturated heterocycles. The van der Waals surface area contributed by atoms with Crippen LogP contribution in [0, 0.1) is 5.82 Å². The van der Waals surface area contributed by atoms with Gasteiger partial charge in [0.1, 0.15) is 22.9 Å². The van der Waals surface area contributed by atoms with Crippen molar-refractivity contribution in [1.29, 1.82) is 0 Å². The van der Waals surface area contributed by atoms with E-state index in [1.165, 1.54) is 18.2 Å². The van der Waals surface area contributed by atoms with Gasteiger partial charge in [0.15, 0.2) is 11.5 Å². The number of nitrogens with two attached hydrogens (primary N) is 1. The fourth-order valence-corrected chi connectivity index (χ4v) is 4.46. The molecule has 9 heteroatoms. The van der Waals surface area contributed by atoms with Crippen molar-refractivity contribution in [2.75, 3.05) is 5.73 Å². The summed E-state index contributed by atoms with van der Waals surface area (Å²) in [6, 6.07) is 27.5. The van der Waals surface area contributed by atoms with E-state index in [4.69, 9.17) is 15.7 Å². The Morgan fingerprint density at radius 2 is 1.73 bits per heavy atom. The number of carbonyl (C=O) groups excluding carboxylic acids is 1. The standard InChI is InChI=1S/C31H23FN6O2/c32-22-4-1-3-21(17-22)31(40)35-18-19-6-10-23(11-7-19)38-29(25-5-2-16-34-28(25)33)37-27-15-14-26(36-30(27)38)20-8-12-24(39)13-9-20/h1-17,39H,18H2,(H2,33,34)(H,35,40). The van der Waals surface area contributed by atoms with Crippen molar-refractivity contribution in [3.63, 3.8) is 0 Å². The summed E-state index contributed by atoms with van der Waals surface area (Å²) in [6.07, 6.45) is 1.62. The van der Waals surface area contributed by atoms with E-state index in [2.05, 4.69) is 10.3 Å². The first kappa shape index (κ1) is 24.7. The average molecular weight is 531 g/mol. The Morgan fingerprint density at radius 3 is 2.48 bits per heavy atom. The minimum absolute atomic E-state index is 0.177. The molecule has 0 spiro atoms. The van der Waals surface area contributed by atoms with Gasteiger partial charge in [-0.25, -0.2) is 19.3 Å². The number of nitrogen functional groups attached to an aromatic ring is 1. The van der Waals surface area contributed by atoms with Gasteiger partial charge in [-0.15, -0.1) is 0 Å². The molecule has 0 fully saturated rings. The summed E-state index contributed by atoms with van der Waals surface area (Å²) in [5.74, 6) is 0.287. The van der Waals surface area contributed by atoms with Crippen LogP contribution in [-0.4, -0.2) is 30.5 Å². The molecule has 0 aliphatic carbocycles. The van der Waals surface area contributed by atoms with Gasteiger partial charge in [-0.1, -0.05) is 18.2 Å². The first-order valence-electron chi connectivity index (χ1n) is 12.5. The average Bonchev–Trinajstić information content (AvgIpc) is 3.35. The molecule has 4 N–H and O–H groups in total. The summed E-state index contributed by atoms with van der Waals surface area (Å²) in [5.41, 5.74) is 11.7. The molecule has 8 nitrogen and oxygen atoms in total. The molecule has 196 valence electrons. The number of pyridine rings is 2. The summed E-state index contributed by atoms with van der Waals surface area (Å²) in [4.78, 5) is 26.4. The van der Waals surface area contributed by atoms with Gasteiger partial charge in [-0.2, -0.15) is 0 Å². The van der Waals surface area contributed by atoms with Crippen molar-refractivity contribution < 1.29 is 14.3 Å². The molecule has 3 aromatic carbocycles. The van der Waals surface area contributed by atoms with Crippen LogP contribution in [0.15, 0.2) is 103 Å². The highest BCUT2D eigenvalue weighted by molar-refractivity contribution is 5.94. The summed E-state index contributed by atoms with van der Waals surface area (Å²) >= 11 is 0. The van der Waals surface area contributed by atoms with Crippen LogP contribution in [0.2, 0.25) is 0 Å². The Balaban J connectivity index is 1.38. The van der Waals surface area contributed by atoms with Gasteiger partial charge in [-0.05, 0) is 84.4 Å². The van der Waals surface area contributed by atoms with Gasteiger partial charge in [0, 0.05) is 29.6 Å². The molecule has 0 aliphatic rings. The number of nitrogens with one attached hydrogen (secondary N) is 1. The van der Waals surface area contributed by atoms with Crippen LogP contribution < -0.4 is 11.1 Å². The van der Waals surface area contributed by atoms with E-state index in [0.29, 0.717) is 28.4 Å². The van der Waals surface area contributed by atoms with Crippen LogP contribution in [0.5, 0.6) is 5.75 Å². The number of phenols is 1. The molecule has 0 atom stereocenters. The zero-order chi connectivity index (χ0) is 27.6. The number of anilines is 1. The maximum atomic E-state index is 13.5.